The van der Waals surface area contributed by atoms with E-state index < -0.39 is 0 Å². The van der Waals surface area contributed by atoms with Crippen molar-refractivity contribution in [2.75, 3.05) is 50.0 Å². The second-order valence-electron chi connectivity index (χ2n) is 9.93. The maximum atomic E-state index is 11.6. The highest BCUT2D eigenvalue weighted by atomic mass is 32.1. The minimum absolute atomic E-state index is 0.0863. The highest BCUT2D eigenvalue weighted by Gasteiger charge is 2.26. The molecule has 0 unspecified atom stereocenters. The number of carbonyl (C=O) groups is 1. The normalized spacial score (nSPS) is 17.1. The maximum Gasteiger partial charge on any atom is 0.224 e. The quantitative estimate of drug-likeness (QED) is 0.421. The smallest absolute Gasteiger partial charge is 0.224 e. The lowest BCUT2D eigenvalue weighted by Gasteiger charge is -2.36. The first-order valence-corrected chi connectivity index (χ1v) is 14.0. The van der Waals surface area contributed by atoms with Crippen molar-refractivity contribution < 1.29 is 9.53 Å². The van der Waals surface area contributed by atoms with E-state index >= 15 is 0 Å². The summed E-state index contributed by atoms with van der Waals surface area (Å²) in [5.41, 5.74) is 5.37. The molecular formula is C29H33N5O2S. The van der Waals surface area contributed by atoms with Crippen LogP contribution >= 0.6 is 11.3 Å². The zero-order valence-electron chi connectivity index (χ0n) is 21.3. The molecule has 6 rings (SSSR count). The highest BCUT2D eigenvalue weighted by molar-refractivity contribution is 7.16. The molecule has 1 amide bonds. The van der Waals surface area contributed by atoms with Crippen molar-refractivity contribution in [1.29, 1.82) is 0 Å². The number of fused-ring (bicyclic) bond motifs is 3. The summed E-state index contributed by atoms with van der Waals surface area (Å²) in [6, 6.07) is 16.6. The van der Waals surface area contributed by atoms with Crippen LogP contribution in [0.2, 0.25) is 0 Å². The Morgan fingerprint density at radius 3 is 2.73 bits per heavy atom. The van der Waals surface area contributed by atoms with Gasteiger partial charge in [0.1, 0.15) is 16.6 Å². The molecule has 3 aliphatic heterocycles. The summed E-state index contributed by atoms with van der Waals surface area (Å²) in [4.78, 5) is 23.1. The first kappa shape index (κ1) is 24.0. The van der Waals surface area contributed by atoms with Crippen molar-refractivity contribution in [3.63, 3.8) is 0 Å². The zero-order chi connectivity index (χ0) is 25.2. The Kier molecular flexibility index (Phi) is 6.85. The number of nitrogens with one attached hydrogen (secondary N) is 2. The van der Waals surface area contributed by atoms with E-state index in [0.717, 1.165) is 80.6 Å². The monoisotopic (exact) mass is 515 g/mol. The fraction of sp³-hybridized carbons (Fsp3) is 0.379. The van der Waals surface area contributed by atoms with Gasteiger partial charge in [0.05, 0.1) is 23.5 Å². The molecular weight excluding hydrogens is 482 g/mol. The number of hydrogen-bond acceptors (Lipinski definition) is 7. The van der Waals surface area contributed by atoms with E-state index in [4.69, 9.17) is 9.73 Å². The van der Waals surface area contributed by atoms with Crippen molar-refractivity contribution in [2.24, 2.45) is 4.99 Å². The summed E-state index contributed by atoms with van der Waals surface area (Å²) >= 11 is 1.80. The number of hydrogen-bond donors (Lipinski definition) is 2. The first-order chi connectivity index (χ1) is 18.1. The van der Waals surface area contributed by atoms with Gasteiger partial charge in [-0.2, -0.15) is 0 Å². The van der Waals surface area contributed by atoms with Gasteiger partial charge in [0.25, 0.3) is 0 Å². The van der Waals surface area contributed by atoms with Crippen LogP contribution in [0.15, 0.2) is 53.5 Å². The molecule has 37 heavy (non-hydrogen) atoms. The fourth-order valence-corrected chi connectivity index (χ4v) is 6.16. The second kappa shape index (κ2) is 10.6. The number of aryl methyl sites for hydroxylation is 2. The van der Waals surface area contributed by atoms with Gasteiger partial charge in [-0.05, 0) is 62.6 Å². The van der Waals surface area contributed by atoms with Crippen molar-refractivity contribution >= 4 is 45.1 Å². The molecule has 1 saturated heterocycles. The van der Waals surface area contributed by atoms with Gasteiger partial charge in [-0.15, -0.1) is 11.3 Å². The fourth-order valence-electron chi connectivity index (χ4n) is 5.24. The van der Waals surface area contributed by atoms with Gasteiger partial charge in [0.15, 0.2) is 0 Å². The van der Waals surface area contributed by atoms with Gasteiger partial charge in [-0.25, -0.2) is 4.99 Å². The number of benzene rings is 2. The number of anilines is 3. The number of piperazine rings is 1. The summed E-state index contributed by atoms with van der Waals surface area (Å²) in [5.74, 6) is 2.01. The largest absolute Gasteiger partial charge is 0.494 e. The number of rotatable bonds is 6. The number of thiophene rings is 1. The summed E-state index contributed by atoms with van der Waals surface area (Å²) in [6.45, 7) is 7.97. The van der Waals surface area contributed by atoms with E-state index in [-0.39, 0.29) is 5.91 Å². The van der Waals surface area contributed by atoms with Gasteiger partial charge >= 0.3 is 0 Å². The second-order valence-corrected chi connectivity index (χ2v) is 11.2. The standard InChI is InChI=1S/C29H33N5O2S/c1-20-18-23-28(31-24-6-2-3-7-25(24)32-29(23)37-20)34-15-13-33(14-16-34)12-4-5-17-36-22-10-8-21-9-11-27(35)30-26(21)19-22/h2-3,6-8,10,18-19,32H,4-5,9,11-17H2,1H3,(H,30,35). The van der Waals surface area contributed by atoms with Crippen molar-refractivity contribution in [2.45, 2.75) is 32.6 Å². The van der Waals surface area contributed by atoms with Gasteiger partial charge < -0.3 is 20.3 Å². The van der Waals surface area contributed by atoms with Crippen molar-refractivity contribution in [3.8, 4) is 5.75 Å². The molecule has 0 saturated carbocycles. The number of nitrogens with zero attached hydrogens (tertiary/aromatic N) is 3. The Bertz CT molecular complexity index is 1330. The molecule has 0 spiro atoms. The molecule has 0 aliphatic carbocycles. The lowest BCUT2D eigenvalue weighted by atomic mass is 10.0. The summed E-state index contributed by atoms with van der Waals surface area (Å²) in [7, 11) is 0. The van der Waals surface area contributed by atoms with Crippen LogP contribution in [0.5, 0.6) is 5.75 Å². The van der Waals surface area contributed by atoms with E-state index in [9.17, 15) is 4.79 Å². The van der Waals surface area contributed by atoms with Crippen LogP contribution in [0.25, 0.3) is 0 Å². The molecule has 8 heteroatoms. The number of ether oxygens (including phenoxy) is 1. The lowest BCUT2D eigenvalue weighted by molar-refractivity contribution is -0.116. The Labute approximate surface area is 222 Å². The van der Waals surface area contributed by atoms with Gasteiger partial charge in [-0.1, -0.05) is 18.2 Å². The molecule has 0 atom stereocenters. The number of para-hydroxylation sites is 2. The number of aliphatic imine (C=N–C) groups is 1. The summed E-state index contributed by atoms with van der Waals surface area (Å²) in [5, 5.41) is 7.74. The first-order valence-electron chi connectivity index (χ1n) is 13.2. The summed E-state index contributed by atoms with van der Waals surface area (Å²) < 4.78 is 5.97. The van der Waals surface area contributed by atoms with Crippen LogP contribution in [0, 0.1) is 6.92 Å². The molecule has 2 aromatic carbocycles. The predicted octanol–water partition coefficient (Wildman–Crippen LogP) is 5.55. The van der Waals surface area contributed by atoms with Crippen LogP contribution in [0.1, 0.15) is 35.3 Å². The molecule has 4 heterocycles. The Morgan fingerprint density at radius 2 is 1.84 bits per heavy atom. The number of carbonyl (C=O) groups excluding carboxylic acids is 1. The Morgan fingerprint density at radius 1 is 0.973 bits per heavy atom. The third-order valence-electron chi connectivity index (χ3n) is 7.26. The SMILES string of the molecule is Cc1cc2c(s1)Nc1ccccc1N=C2N1CCN(CCCCOc2ccc3c(c2)NC(=O)CC3)CC1. The van der Waals surface area contributed by atoms with Crippen LogP contribution in [-0.2, 0) is 11.2 Å². The summed E-state index contributed by atoms with van der Waals surface area (Å²) in [6.07, 6.45) is 3.49. The third-order valence-corrected chi connectivity index (χ3v) is 8.23. The predicted molar refractivity (Wildman–Crippen MR) is 151 cm³/mol. The van der Waals surface area contributed by atoms with E-state index in [0.29, 0.717) is 13.0 Å². The van der Waals surface area contributed by atoms with Crippen molar-refractivity contribution in [1.82, 2.24) is 9.80 Å². The molecule has 1 fully saturated rings. The van der Waals surface area contributed by atoms with Gasteiger partial charge in [0.2, 0.25) is 5.91 Å². The van der Waals surface area contributed by atoms with Crippen LogP contribution in [0.4, 0.5) is 22.1 Å². The average Bonchev–Trinajstić information content (AvgIpc) is 3.20. The number of unbranched alkanes of at least 4 members (excludes halogenated alkanes) is 1. The van der Waals surface area contributed by atoms with Gasteiger partial charge in [-0.3, -0.25) is 9.69 Å². The maximum absolute atomic E-state index is 11.6. The third kappa shape index (κ3) is 5.36. The van der Waals surface area contributed by atoms with E-state index in [1.807, 2.05) is 12.1 Å². The molecule has 3 aromatic rings. The minimum atomic E-state index is 0.0863. The molecule has 2 N–H and O–H groups in total. The Hall–Kier alpha value is -3.36. The van der Waals surface area contributed by atoms with E-state index in [2.05, 4.69) is 63.8 Å². The minimum Gasteiger partial charge on any atom is -0.494 e. The molecule has 0 radical (unpaired) electrons. The zero-order valence-corrected chi connectivity index (χ0v) is 22.1. The number of amidine groups is 1. The molecule has 7 nitrogen and oxygen atoms in total. The Balaban J connectivity index is 0.993. The molecule has 1 aromatic heterocycles. The van der Waals surface area contributed by atoms with Gasteiger partial charge in [0, 0.05) is 49.2 Å². The van der Waals surface area contributed by atoms with Crippen LogP contribution in [-0.4, -0.2) is 60.9 Å². The average molecular weight is 516 g/mol. The van der Waals surface area contributed by atoms with E-state index in [1.165, 1.54) is 21.0 Å². The molecule has 3 aliphatic rings. The van der Waals surface area contributed by atoms with E-state index in [1.54, 1.807) is 11.3 Å². The number of amides is 1. The highest BCUT2D eigenvalue weighted by Crippen LogP contribution is 2.39. The van der Waals surface area contributed by atoms with Crippen molar-refractivity contribution in [3.05, 3.63) is 64.5 Å². The van der Waals surface area contributed by atoms with Crippen LogP contribution < -0.4 is 15.4 Å². The topological polar surface area (TPSA) is 69.2 Å². The molecule has 192 valence electrons. The molecule has 0 bridgehead atoms. The lowest BCUT2D eigenvalue weighted by Crippen LogP contribution is -2.49. The van der Waals surface area contributed by atoms with Crippen LogP contribution in [0.3, 0.4) is 0 Å².